The number of nitrogens with two attached hydrogens (primary N) is 1. The molecule has 1 aliphatic rings. The van der Waals surface area contributed by atoms with Crippen LogP contribution in [-0.4, -0.2) is 27.0 Å². The van der Waals surface area contributed by atoms with Crippen molar-refractivity contribution in [2.75, 3.05) is 10.6 Å². The fourth-order valence-electron chi connectivity index (χ4n) is 2.65. The number of rotatable bonds is 3. The molecule has 0 amide bonds. The minimum atomic E-state index is -0.807. The molecule has 0 radical (unpaired) electrons. The molecule has 2 rings (SSSR count). The quantitative estimate of drug-likeness (QED) is 0.893. The molecule has 18 heavy (non-hydrogen) atoms. The predicted octanol–water partition coefficient (Wildman–Crippen LogP) is 2.14. The van der Waals surface area contributed by atoms with Gasteiger partial charge in [-0.15, -0.1) is 0 Å². The molecule has 2 N–H and O–H groups in total. The zero-order valence-electron chi connectivity index (χ0n) is 10.9. The Morgan fingerprint density at radius 2 is 1.83 bits per heavy atom. The first-order valence-electron chi connectivity index (χ1n) is 6.53. The van der Waals surface area contributed by atoms with Crippen LogP contribution in [0.15, 0.2) is 0 Å². The van der Waals surface area contributed by atoms with Crippen LogP contribution in [-0.2, 0) is 0 Å². The Bertz CT molecular complexity index is 383. The molecule has 0 unspecified atom stereocenters. The van der Waals surface area contributed by atoms with Crippen molar-refractivity contribution < 1.29 is 4.39 Å². The number of hydrogen-bond acceptors (Lipinski definition) is 5. The highest BCUT2D eigenvalue weighted by Gasteiger charge is 2.26. The van der Waals surface area contributed by atoms with Crippen molar-refractivity contribution in [1.82, 2.24) is 15.0 Å². The fraction of sp³-hybridized carbons (Fsp3) is 0.750. The van der Waals surface area contributed by atoms with E-state index < -0.39 is 6.08 Å². The van der Waals surface area contributed by atoms with Gasteiger partial charge >= 0.3 is 6.08 Å². The van der Waals surface area contributed by atoms with Crippen molar-refractivity contribution in [3.63, 3.8) is 0 Å². The molecule has 0 spiro atoms. The summed E-state index contributed by atoms with van der Waals surface area (Å²) in [5.41, 5.74) is 5.50. The maximum Gasteiger partial charge on any atom is 0.315 e. The van der Waals surface area contributed by atoms with E-state index in [1.54, 1.807) is 0 Å². The topological polar surface area (TPSA) is 67.9 Å². The van der Waals surface area contributed by atoms with E-state index in [9.17, 15) is 4.39 Å². The lowest BCUT2D eigenvalue weighted by Crippen LogP contribution is -2.43. The average Bonchev–Trinajstić information content (AvgIpc) is 2.28. The monoisotopic (exact) mass is 253 g/mol. The third kappa shape index (κ3) is 2.86. The summed E-state index contributed by atoms with van der Waals surface area (Å²) in [5.74, 6) is 0.306. The van der Waals surface area contributed by atoms with E-state index in [-0.39, 0.29) is 12.0 Å². The molecule has 0 atom stereocenters. The Balaban J connectivity index is 2.28. The summed E-state index contributed by atoms with van der Waals surface area (Å²) in [4.78, 5) is 13.3. The standard InChI is InChI=1S/C12H20FN5/c1-8(2)18(9-6-4-3-5-7-9)12-16-10(13)15-11(14)17-12/h8-9H,3-7H2,1-2H3,(H2,14,15,16,17). The first-order valence-corrected chi connectivity index (χ1v) is 6.53. The average molecular weight is 253 g/mol. The van der Waals surface area contributed by atoms with Gasteiger partial charge in [0.2, 0.25) is 11.9 Å². The number of halogens is 1. The van der Waals surface area contributed by atoms with Gasteiger partial charge in [0.25, 0.3) is 0 Å². The molecule has 0 aliphatic heterocycles. The van der Waals surface area contributed by atoms with Crippen molar-refractivity contribution in [2.24, 2.45) is 0 Å². The molecule has 0 aromatic carbocycles. The van der Waals surface area contributed by atoms with Crippen LogP contribution in [0.25, 0.3) is 0 Å². The van der Waals surface area contributed by atoms with Gasteiger partial charge < -0.3 is 10.6 Å². The Morgan fingerprint density at radius 3 is 2.39 bits per heavy atom. The van der Waals surface area contributed by atoms with Crippen molar-refractivity contribution in [3.05, 3.63) is 6.08 Å². The van der Waals surface area contributed by atoms with Crippen molar-refractivity contribution in [2.45, 2.75) is 58.0 Å². The van der Waals surface area contributed by atoms with E-state index in [1.165, 1.54) is 19.3 Å². The van der Waals surface area contributed by atoms with Gasteiger partial charge in [-0.25, -0.2) is 0 Å². The van der Waals surface area contributed by atoms with E-state index in [1.807, 2.05) is 0 Å². The summed E-state index contributed by atoms with van der Waals surface area (Å²) in [6.07, 6.45) is 5.08. The molecule has 100 valence electrons. The molecule has 1 aliphatic carbocycles. The maximum absolute atomic E-state index is 13.3. The minimum absolute atomic E-state index is 0.0565. The van der Waals surface area contributed by atoms with Crippen molar-refractivity contribution >= 4 is 11.9 Å². The van der Waals surface area contributed by atoms with Gasteiger partial charge in [-0.1, -0.05) is 19.3 Å². The van der Waals surface area contributed by atoms with Gasteiger partial charge in [0, 0.05) is 12.1 Å². The summed E-state index contributed by atoms with van der Waals surface area (Å²) in [6, 6.07) is 0.592. The lowest BCUT2D eigenvalue weighted by molar-refractivity contribution is 0.391. The van der Waals surface area contributed by atoms with Crippen LogP contribution < -0.4 is 10.6 Å². The molecule has 6 heteroatoms. The Labute approximate surface area is 107 Å². The zero-order valence-corrected chi connectivity index (χ0v) is 10.9. The Hall–Kier alpha value is -1.46. The fourth-order valence-corrected chi connectivity index (χ4v) is 2.65. The number of nitrogen functional groups attached to an aromatic ring is 1. The van der Waals surface area contributed by atoms with Gasteiger partial charge in [-0.05, 0) is 26.7 Å². The van der Waals surface area contributed by atoms with Crippen LogP contribution in [0.4, 0.5) is 16.3 Å². The molecule has 1 saturated carbocycles. The van der Waals surface area contributed by atoms with Crippen LogP contribution in [0.5, 0.6) is 0 Å². The smallest absolute Gasteiger partial charge is 0.315 e. The highest BCUT2D eigenvalue weighted by atomic mass is 19.1. The molecule has 5 nitrogen and oxygen atoms in total. The minimum Gasteiger partial charge on any atom is -0.368 e. The summed E-state index contributed by atoms with van der Waals surface area (Å²) in [5, 5.41) is 0. The summed E-state index contributed by atoms with van der Waals surface area (Å²) >= 11 is 0. The predicted molar refractivity (Wildman–Crippen MR) is 68.7 cm³/mol. The maximum atomic E-state index is 13.3. The summed E-state index contributed by atoms with van der Waals surface area (Å²) in [7, 11) is 0. The number of aromatic nitrogens is 3. The van der Waals surface area contributed by atoms with Crippen molar-refractivity contribution in [3.8, 4) is 0 Å². The van der Waals surface area contributed by atoms with Crippen LogP contribution in [0.2, 0.25) is 0 Å². The molecule has 1 aromatic heterocycles. The van der Waals surface area contributed by atoms with Gasteiger partial charge in [-0.3, -0.25) is 0 Å². The third-order valence-electron chi connectivity index (χ3n) is 3.37. The highest BCUT2D eigenvalue weighted by molar-refractivity contribution is 5.36. The molecular weight excluding hydrogens is 233 g/mol. The second kappa shape index (κ2) is 5.46. The van der Waals surface area contributed by atoms with Gasteiger partial charge in [0.1, 0.15) is 0 Å². The first kappa shape index (κ1) is 13.0. The second-order valence-electron chi connectivity index (χ2n) is 5.06. The normalized spacial score (nSPS) is 17.1. The van der Waals surface area contributed by atoms with E-state index in [0.717, 1.165) is 12.8 Å². The van der Waals surface area contributed by atoms with Gasteiger partial charge in [-0.2, -0.15) is 19.3 Å². The highest BCUT2D eigenvalue weighted by Crippen LogP contribution is 2.27. The van der Waals surface area contributed by atoms with Crippen LogP contribution in [0.1, 0.15) is 46.0 Å². The molecule has 1 fully saturated rings. The molecule has 1 aromatic rings. The zero-order chi connectivity index (χ0) is 13.1. The van der Waals surface area contributed by atoms with Gasteiger partial charge in [0.15, 0.2) is 0 Å². The van der Waals surface area contributed by atoms with E-state index in [0.29, 0.717) is 12.0 Å². The van der Waals surface area contributed by atoms with E-state index in [2.05, 4.69) is 33.7 Å². The van der Waals surface area contributed by atoms with E-state index >= 15 is 0 Å². The molecule has 0 saturated heterocycles. The number of hydrogen-bond donors (Lipinski definition) is 1. The van der Waals surface area contributed by atoms with Crippen LogP contribution in [0.3, 0.4) is 0 Å². The summed E-state index contributed by atoms with van der Waals surface area (Å²) < 4.78 is 13.3. The lowest BCUT2D eigenvalue weighted by Gasteiger charge is -2.37. The first-order chi connectivity index (χ1) is 8.58. The van der Waals surface area contributed by atoms with Crippen molar-refractivity contribution in [1.29, 1.82) is 0 Å². The molecule has 0 bridgehead atoms. The SMILES string of the molecule is CC(C)N(c1nc(N)nc(F)n1)C1CCCCC1. The lowest BCUT2D eigenvalue weighted by atomic mass is 9.93. The molecule has 1 heterocycles. The Morgan fingerprint density at radius 1 is 1.17 bits per heavy atom. The van der Waals surface area contributed by atoms with Gasteiger partial charge in [0.05, 0.1) is 0 Å². The third-order valence-corrected chi connectivity index (χ3v) is 3.37. The number of nitrogens with zero attached hydrogens (tertiary/aromatic N) is 4. The molecular formula is C12H20FN5. The van der Waals surface area contributed by atoms with E-state index in [4.69, 9.17) is 5.73 Å². The van der Waals surface area contributed by atoms with Crippen LogP contribution >= 0.6 is 0 Å². The summed E-state index contributed by atoms with van der Waals surface area (Å²) in [6.45, 7) is 4.12. The van der Waals surface area contributed by atoms with Crippen LogP contribution in [0, 0.1) is 6.08 Å². The second-order valence-corrected chi connectivity index (χ2v) is 5.06. The number of anilines is 2. The Kier molecular flexibility index (Phi) is 3.93. The largest absolute Gasteiger partial charge is 0.368 e.